The molecule has 0 heterocycles. The Kier molecular flexibility index (Phi) is 11.0. The van der Waals surface area contributed by atoms with Crippen molar-refractivity contribution >= 4 is 11.9 Å². The normalized spacial score (nSPS) is 10.7. The van der Waals surface area contributed by atoms with E-state index >= 15 is 0 Å². The van der Waals surface area contributed by atoms with Crippen molar-refractivity contribution in [3.63, 3.8) is 0 Å². The van der Waals surface area contributed by atoms with Crippen molar-refractivity contribution in [2.45, 2.75) is 58.5 Å². The Morgan fingerprint density at radius 1 is 0.778 bits per heavy atom. The van der Waals surface area contributed by atoms with Crippen molar-refractivity contribution in [1.82, 2.24) is 4.90 Å². The van der Waals surface area contributed by atoms with Gasteiger partial charge in [-0.15, -0.1) is 0 Å². The van der Waals surface area contributed by atoms with Crippen LogP contribution in [0.3, 0.4) is 0 Å². The minimum Gasteiger partial charge on any atom is -0.489 e. The van der Waals surface area contributed by atoms with E-state index in [0.717, 1.165) is 37.9 Å². The molecule has 190 valence electrons. The van der Waals surface area contributed by atoms with Crippen LogP contribution in [-0.4, -0.2) is 35.0 Å². The second-order valence-electron chi connectivity index (χ2n) is 9.10. The van der Waals surface area contributed by atoms with Crippen LogP contribution in [-0.2, 0) is 24.2 Å². The van der Waals surface area contributed by atoms with Crippen LogP contribution in [0.5, 0.6) is 5.75 Å². The fourth-order valence-electron chi connectivity index (χ4n) is 4.18. The van der Waals surface area contributed by atoms with Crippen LogP contribution < -0.4 is 4.74 Å². The number of carboxylic acid groups (broad SMARTS) is 1. The summed E-state index contributed by atoms with van der Waals surface area (Å²) in [6, 6.07) is 24.6. The van der Waals surface area contributed by atoms with E-state index in [-0.39, 0.29) is 18.1 Å². The standard InChI is InChI=1S/C31H37NO4/c1-2-3-4-5-11-21-32(22-20-25-12-7-6-8-13-25)30(33)23-26-16-18-28(19-17-26)36-24-27-14-9-10-15-29(27)31(34)35/h6-10,12-19H,2-5,11,20-24H2,1H3,(H,34,35). The third-order valence-electron chi connectivity index (χ3n) is 6.32. The van der Waals surface area contributed by atoms with Crippen molar-refractivity contribution in [2.24, 2.45) is 0 Å². The molecule has 0 unspecified atom stereocenters. The van der Waals surface area contributed by atoms with E-state index < -0.39 is 5.97 Å². The van der Waals surface area contributed by atoms with Gasteiger partial charge in [0.15, 0.2) is 0 Å². The number of carbonyl (C=O) groups is 2. The lowest BCUT2D eigenvalue weighted by molar-refractivity contribution is -0.130. The maximum atomic E-state index is 13.2. The summed E-state index contributed by atoms with van der Waals surface area (Å²) in [7, 11) is 0. The number of carboxylic acids is 1. The number of benzene rings is 3. The quantitative estimate of drug-likeness (QED) is 0.247. The van der Waals surface area contributed by atoms with E-state index in [2.05, 4.69) is 19.1 Å². The molecule has 1 N–H and O–H groups in total. The molecule has 1 amide bonds. The third-order valence-corrected chi connectivity index (χ3v) is 6.32. The first-order valence-electron chi connectivity index (χ1n) is 12.9. The number of aromatic carboxylic acids is 1. The van der Waals surface area contributed by atoms with Gasteiger partial charge in [-0.05, 0) is 42.2 Å². The molecule has 3 rings (SSSR count). The molecule has 0 aliphatic rings. The van der Waals surface area contributed by atoms with Gasteiger partial charge in [-0.1, -0.05) is 93.3 Å². The first-order valence-corrected chi connectivity index (χ1v) is 12.9. The van der Waals surface area contributed by atoms with E-state index in [9.17, 15) is 14.7 Å². The van der Waals surface area contributed by atoms with Gasteiger partial charge in [0.25, 0.3) is 0 Å². The first-order chi connectivity index (χ1) is 17.6. The first kappa shape index (κ1) is 27.0. The fourth-order valence-corrected chi connectivity index (χ4v) is 4.18. The zero-order chi connectivity index (χ0) is 25.6. The Morgan fingerprint density at radius 2 is 1.47 bits per heavy atom. The molecule has 0 aromatic heterocycles. The number of nitrogens with zero attached hydrogens (tertiary/aromatic N) is 1. The van der Waals surface area contributed by atoms with Crippen LogP contribution in [0, 0.1) is 0 Å². The Morgan fingerprint density at radius 3 is 2.19 bits per heavy atom. The second-order valence-corrected chi connectivity index (χ2v) is 9.10. The molecule has 0 spiro atoms. The van der Waals surface area contributed by atoms with E-state index in [4.69, 9.17) is 4.74 Å². The van der Waals surface area contributed by atoms with Crippen molar-refractivity contribution in [3.05, 3.63) is 101 Å². The molecule has 5 nitrogen and oxygen atoms in total. The number of hydrogen-bond acceptors (Lipinski definition) is 3. The van der Waals surface area contributed by atoms with Gasteiger partial charge in [-0.2, -0.15) is 0 Å². The zero-order valence-corrected chi connectivity index (χ0v) is 21.2. The van der Waals surface area contributed by atoms with Gasteiger partial charge in [-0.25, -0.2) is 4.79 Å². The van der Waals surface area contributed by atoms with E-state index in [1.165, 1.54) is 24.8 Å². The van der Waals surface area contributed by atoms with Crippen LogP contribution >= 0.6 is 0 Å². The molecule has 0 atom stereocenters. The summed E-state index contributed by atoms with van der Waals surface area (Å²) in [5.74, 6) is -0.182. The highest BCUT2D eigenvalue weighted by molar-refractivity contribution is 5.89. The monoisotopic (exact) mass is 487 g/mol. The summed E-state index contributed by atoms with van der Waals surface area (Å²) in [6.07, 6.45) is 7.06. The molecule has 0 radical (unpaired) electrons. The maximum Gasteiger partial charge on any atom is 0.336 e. The molecule has 5 heteroatoms. The lowest BCUT2D eigenvalue weighted by atomic mass is 10.1. The number of rotatable bonds is 15. The Bertz CT molecular complexity index is 1080. The molecule has 3 aromatic rings. The van der Waals surface area contributed by atoms with Crippen molar-refractivity contribution in [3.8, 4) is 5.75 Å². The van der Waals surface area contributed by atoms with Crippen LogP contribution in [0.1, 0.15) is 66.1 Å². The van der Waals surface area contributed by atoms with E-state index in [1.807, 2.05) is 47.4 Å². The lowest BCUT2D eigenvalue weighted by Gasteiger charge is -2.23. The molecule has 3 aromatic carbocycles. The van der Waals surface area contributed by atoms with Crippen LogP contribution in [0.25, 0.3) is 0 Å². The Hall–Kier alpha value is -3.60. The molecule has 0 saturated heterocycles. The molecule has 0 aliphatic carbocycles. The summed E-state index contributed by atoms with van der Waals surface area (Å²) < 4.78 is 5.80. The SMILES string of the molecule is CCCCCCCN(CCc1ccccc1)C(=O)Cc1ccc(OCc2ccccc2C(=O)O)cc1. The summed E-state index contributed by atoms with van der Waals surface area (Å²) in [5.41, 5.74) is 3.04. The molecular weight excluding hydrogens is 450 g/mol. The van der Waals surface area contributed by atoms with Gasteiger partial charge in [0.05, 0.1) is 12.0 Å². The number of amides is 1. The van der Waals surface area contributed by atoms with Crippen molar-refractivity contribution in [1.29, 1.82) is 0 Å². The van der Waals surface area contributed by atoms with Gasteiger partial charge < -0.3 is 14.7 Å². The number of hydrogen-bond donors (Lipinski definition) is 1. The topological polar surface area (TPSA) is 66.8 Å². The van der Waals surface area contributed by atoms with Crippen LogP contribution in [0.4, 0.5) is 0 Å². The molecular formula is C31H37NO4. The van der Waals surface area contributed by atoms with Gasteiger partial charge in [0.1, 0.15) is 12.4 Å². The molecule has 0 bridgehead atoms. The highest BCUT2D eigenvalue weighted by Gasteiger charge is 2.15. The van der Waals surface area contributed by atoms with Crippen LogP contribution in [0.2, 0.25) is 0 Å². The van der Waals surface area contributed by atoms with E-state index in [1.54, 1.807) is 24.3 Å². The predicted molar refractivity (Wildman–Crippen MR) is 143 cm³/mol. The fraction of sp³-hybridized carbons (Fsp3) is 0.355. The molecule has 36 heavy (non-hydrogen) atoms. The third kappa shape index (κ3) is 8.88. The predicted octanol–water partition coefficient (Wildman–Crippen LogP) is 6.55. The average molecular weight is 488 g/mol. The smallest absolute Gasteiger partial charge is 0.336 e. The van der Waals surface area contributed by atoms with Gasteiger partial charge in [-0.3, -0.25) is 4.79 Å². The number of unbranched alkanes of at least 4 members (excludes halogenated alkanes) is 4. The Labute approximate surface area is 214 Å². The van der Waals surface area contributed by atoms with Crippen molar-refractivity contribution in [2.75, 3.05) is 13.1 Å². The van der Waals surface area contributed by atoms with Gasteiger partial charge in [0.2, 0.25) is 5.91 Å². The minimum atomic E-state index is -0.967. The summed E-state index contributed by atoms with van der Waals surface area (Å²) in [5, 5.41) is 9.33. The van der Waals surface area contributed by atoms with Crippen LogP contribution in [0.15, 0.2) is 78.9 Å². The van der Waals surface area contributed by atoms with E-state index in [0.29, 0.717) is 17.7 Å². The largest absolute Gasteiger partial charge is 0.489 e. The number of ether oxygens (including phenoxy) is 1. The van der Waals surface area contributed by atoms with Gasteiger partial charge in [0, 0.05) is 18.7 Å². The second kappa shape index (κ2) is 14.7. The summed E-state index contributed by atoms with van der Waals surface area (Å²) >= 11 is 0. The van der Waals surface area contributed by atoms with Crippen molar-refractivity contribution < 1.29 is 19.4 Å². The summed E-state index contributed by atoms with van der Waals surface area (Å²) in [4.78, 5) is 26.6. The number of carbonyl (C=O) groups excluding carboxylic acids is 1. The minimum absolute atomic E-state index is 0.144. The highest BCUT2D eigenvalue weighted by Crippen LogP contribution is 2.17. The lowest BCUT2D eigenvalue weighted by Crippen LogP contribution is -2.35. The molecule has 0 aliphatic heterocycles. The Balaban J connectivity index is 1.56. The molecule has 0 saturated carbocycles. The molecule has 0 fully saturated rings. The zero-order valence-electron chi connectivity index (χ0n) is 21.2. The van der Waals surface area contributed by atoms with Gasteiger partial charge >= 0.3 is 5.97 Å². The highest BCUT2D eigenvalue weighted by atomic mass is 16.5. The maximum absolute atomic E-state index is 13.2. The average Bonchev–Trinajstić information content (AvgIpc) is 2.90. The summed E-state index contributed by atoms with van der Waals surface area (Å²) in [6.45, 7) is 3.90.